The van der Waals surface area contributed by atoms with E-state index >= 15 is 0 Å². The highest BCUT2D eigenvalue weighted by molar-refractivity contribution is 7.11. The van der Waals surface area contributed by atoms with Crippen molar-refractivity contribution in [1.29, 1.82) is 0 Å². The molecule has 0 aliphatic carbocycles. The molecule has 1 heterocycles. The molecule has 0 saturated carbocycles. The lowest BCUT2D eigenvalue weighted by Gasteiger charge is -2.14. The van der Waals surface area contributed by atoms with Gasteiger partial charge in [0.05, 0.1) is 12.3 Å². The van der Waals surface area contributed by atoms with Gasteiger partial charge in [0.25, 0.3) is 0 Å². The van der Waals surface area contributed by atoms with Crippen molar-refractivity contribution in [2.75, 3.05) is 6.61 Å². The van der Waals surface area contributed by atoms with Crippen molar-refractivity contribution in [3.63, 3.8) is 0 Å². The fourth-order valence-electron chi connectivity index (χ4n) is 1.43. The number of hydrogen-bond donors (Lipinski definition) is 1. The summed E-state index contributed by atoms with van der Waals surface area (Å²) in [4.78, 5) is 5.09. The van der Waals surface area contributed by atoms with Gasteiger partial charge in [0, 0.05) is 11.4 Å². The van der Waals surface area contributed by atoms with Crippen molar-refractivity contribution in [2.45, 2.75) is 45.3 Å². The van der Waals surface area contributed by atoms with Crippen LogP contribution in [-0.4, -0.2) is 23.9 Å². The van der Waals surface area contributed by atoms with Gasteiger partial charge in [0.1, 0.15) is 11.6 Å². The van der Waals surface area contributed by atoms with E-state index in [-0.39, 0.29) is 6.61 Å². The van der Waals surface area contributed by atoms with E-state index < -0.39 is 19.0 Å². The monoisotopic (exact) mass is 300 g/mol. The number of alkyl halides is 4. The fraction of sp³-hybridized carbons (Fsp3) is 0.727. The van der Waals surface area contributed by atoms with E-state index in [0.29, 0.717) is 11.6 Å². The van der Waals surface area contributed by atoms with Gasteiger partial charge in [0.15, 0.2) is 0 Å². The van der Waals surface area contributed by atoms with Crippen molar-refractivity contribution in [2.24, 2.45) is 5.73 Å². The Kier molecular flexibility index (Phi) is 6.15. The molecule has 3 nitrogen and oxygen atoms in total. The molecule has 0 aliphatic heterocycles. The quantitative estimate of drug-likeness (QED) is 0.751. The third-order valence-corrected chi connectivity index (χ3v) is 3.43. The molecule has 0 fully saturated rings. The van der Waals surface area contributed by atoms with E-state index in [9.17, 15) is 17.6 Å². The molecular weight excluding hydrogens is 284 g/mol. The summed E-state index contributed by atoms with van der Waals surface area (Å²) in [6.45, 7) is 0.786. The van der Waals surface area contributed by atoms with E-state index in [2.05, 4.69) is 9.72 Å². The third-order valence-electron chi connectivity index (χ3n) is 2.33. The zero-order valence-corrected chi connectivity index (χ0v) is 11.3. The van der Waals surface area contributed by atoms with Crippen LogP contribution in [0.2, 0.25) is 0 Å². The molecule has 1 rings (SSSR count). The number of rotatable bonds is 8. The Morgan fingerprint density at radius 2 is 2.11 bits per heavy atom. The number of nitrogens with zero attached hydrogens (tertiary/aromatic N) is 1. The number of aryl methyl sites for hydroxylation is 1. The summed E-state index contributed by atoms with van der Waals surface area (Å²) in [7, 11) is 0. The molecule has 0 spiro atoms. The van der Waals surface area contributed by atoms with Gasteiger partial charge < -0.3 is 10.5 Å². The largest absolute Gasteiger partial charge is 0.368 e. The Hall–Kier alpha value is -0.730. The average molecular weight is 300 g/mol. The van der Waals surface area contributed by atoms with Gasteiger partial charge in [-0.25, -0.2) is 13.8 Å². The first-order chi connectivity index (χ1) is 8.90. The van der Waals surface area contributed by atoms with Crippen molar-refractivity contribution in [3.05, 3.63) is 15.6 Å². The standard InChI is InChI=1S/C11H16F4N2OS/c1-2-3-7-8(4-16)19-9(17-7)5-18-6-11(14,15)10(12)13/h10H,2-6,16H2,1H3. The van der Waals surface area contributed by atoms with Crippen LogP contribution in [0.25, 0.3) is 0 Å². The number of nitrogens with two attached hydrogens (primary N) is 1. The van der Waals surface area contributed by atoms with Crippen LogP contribution < -0.4 is 5.73 Å². The van der Waals surface area contributed by atoms with Crippen LogP contribution in [0.3, 0.4) is 0 Å². The minimum absolute atomic E-state index is 0.205. The molecule has 0 aliphatic rings. The number of thiazole rings is 1. The van der Waals surface area contributed by atoms with Crippen LogP contribution in [-0.2, 0) is 24.3 Å². The Morgan fingerprint density at radius 3 is 2.63 bits per heavy atom. The second-order valence-corrected chi connectivity index (χ2v) is 5.15. The molecule has 0 unspecified atom stereocenters. The predicted molar refractivity (Wildman–Crippen MR) is 64.6 cm³/mol. The van der Waals surface area contributed by atoms with Gasteiger partial charge in [-0.05, 0) is 6.42 Å². The molecule has 0 aromatic carbocycles. The second kappa shape index (κ2) is 7.16. The first-order valence-corrected chi connectivity index (χ1v) is 6.63. The smallest absolute Gasteiger partial charge is 0.330 e. The summed E-state index contributed by atoms with van der Waals surface area (Å²) >= 11 is 1.26. The molecule has 0 bridgehead atoms. The highest BCUT2D eigenvalue weighted by Gasteiger charge is 2.41. The highest BCUT2D eigenvalue weighted by atomic mass is 32.1. The van der Waals surface area contributed by atoms with Gasteiger partial charge in [-0.2, -0.15) is 8.78 Å². The van der Waals surface area contributed by atoms with Gasteiger partial charge >= 0.3 is 12.3 Å². The van der Waals surface area contributed by atoms with E-state index in [0.717, 1.165) is 23.4 Å². The van der Waals surface area contributed by atoms with Crippen LogP contribution in [0.4, 0.5) is 17.6 Å². The van der Waals surface area contributed by atoms with Crippen LogP contribution in [0.1, 0.15) is 28.9 Å². The number of aromatic nitrogens is 1. The van der Waals surface area contributed by atoms with Crippen molar-refractivity contribution >= 4 is 11.3 Å². The number of ether oxygens (including phenoxy) is 1. The molecule has 2 N–H and O–H groups in total. The van der Waals surface area contributed by atoms with Crippen molar-refractivity contribution < 1.29 is 22.3 Å². The number of halogens is 4. The summed E-state index contributed by atoms with van der Waals surface area (Å²) in [6.07, 6.45) is -2.09. The van der Waals surface area contributed by atoms with Crippen LogP contribution in [0, 0.1) is 0 Å². The molecule has 19 heavy (non-hydrogen) atoms. The third kappa shape index (κ3) is 4.70. The van der Waals surface area contributed by atoms with E-state index in [4.69, 9.17) is 5.73 Å². The van der Waals surface area contributed by atoms with E-state index in [1.165, 1.54) is 11.3 Å². The summed E-state index contributed by atoms with van der Waals surface area (Å²) < 4.78 is 53.6. The lowest BCUT2D eigenvalue weighted by Crippen LogP contribution is -2.32. The Balaban J connectivity index is 2.54. The zero-order valence-electron chi connectivity index (χ0n) is 10.5. The van der Waals surface area contributed by atoms with E-state index in [1.807, 2.05) is 6.92 Å². The molecule has 0 amide bonds. The minimum atomic E-state index is -4.12. The van der Waals surface area contributed by atoms with Gasteiger partial charge in [-0.1, -0.05) is 13.3 Å². The molecule has 8 heteroatoms. The van der Waals surface area contributed by atoms with Crippen molar-refractivity contribution in [3.8, 4) is 0 Å². The first kappa shape index (κ1) is 16.3. The van der Waals surface area contributed by atoms with Crippen LogP contribution >= 0.6 is 11.3 Å². The molecule has 1 aromatic heterocycles. The van der Waals surface area contributed by atoms with Gasteiger partial charge in [-0.15, -0.1) is 11.3 Å². The summed E-state index contributed by atoms with van der Waals surface area (Å²) in [5.74, 6) is -4.12. The van der Waals surface area contributed by atoms with Crippen LogP contribution in [0.15, 0.2) is 0 Å². The Bertz CT molecular complexity index is 398. The number of hydrogen-bond acceptors (Lipinski definition) is 4. The Labute approximate surface area is 112 Å². The van der Waals surface area contributed by atoms with Crippen LogP contribution in [0.5, 0.6) is 0 Å². The summed E-state index contributed by atoms with van der Waals surface area (Å²) in [5.41, 5.74) is 6.37. The maximum absolute atomic E-state index is 12.6. The first-order valence-electron chi connectivity index (χ1n) is 5.82. The maximum atomic E-state index is 12.6. The second-order valence-electron chi connectivity index (χ2n) is 3.99. The summed E-state index contributed by atoms with van der Waals surface area (Å²) in [6, 6.07) is 0. The maximum Gasteiger partial charge on any atom is 0.330 e. The molecule has 0 saturated heterocycles. The van der Waals surface area contributed by atoms with Gasteiger partial charge in [0.2, 0.25) is 0 Å². The summed E-state index contributed by atoms with van der Waals surface area (Å²) in [5, 5.41) is 0.481. The van der Waals surface area contributed by atoms with Crippen molar-refractivity contribution in [1.82, 2.24) is 4.98 Å². The SMILES string of the molecule is CCCc1nc(COCC(F)(F)C(F)F)sc1CN. The molecular formula is C11H16F4N2OS. The normalized spacial score (nSPS) is 12.4. The molecule has 0 radical (unpaired) electrons. The zero-order chi connectivity index (χ0) is 14.5. The Morgan fingerprint density at radius 1 is 1.42 bits per heavy atom. The minimum Gasteiger partial charge on any atom is -0.368 e. The highest BCUT2D eigenvalue weighted by Crippen LogP contribution is 2.24. The predicted octanol–water partition coefficient (Wildman–Crippen LogP) is 2.97. The fourth-order valence-corrected chi connectivity index (χ4v) is 2.36. The van der Waals surface area contributed by atoms with Gasteiger partial charge in [-0.3, -0.25) is 0 Å². The topological polar surface area (TPSA) is 48.1 Å². The molecule has 110 valence electrons. The lowest BCUT2D eigenvalue weighted by atomic mass is 10.2. The molecule has 0 atom stereocenters. The van der Waals surface area contributed by atoms with E-state index in [1.54, 1.807) is 0 Å². The lowest BCUT2D eigenvalue weighted by molar-refractivity contribution is -0.168. The molecule has 1 aromatic rings. The average Bonchev–Trinajstić information content (AvgIpc) is 2.71.